The molecule has 3 atom stereocenters. The van der Waals surface area contributed by atoms with Gasteiger partial charge >= 0.3 is 6.03 Å². The number of aliphatic hydroxyl groups excluding tert-OH is 1. The zero-order chi connectivity index (χ0) is 24.7. The van der Waals surface area contributed by atoms with Crippen LogP contribution in [-0.2, 0) is 4.74 Å². The number of ether oxygens (including phenoxy) is 2. The van der Waals surface area contributed by atoms with Crippen molar-refractivity contribution in [2.75, 3.05) is 20.3 Å². The van der Waals surface area contributed by atoms with E-state index in [-0.39, 0.29) is 30.3 Å². The zero-order valence-corrected chi connectivity index (χ0v) is 21.2. The van der Waals surface area contributed by atoms with E-state index in [1.807, 2.05) is 29.2 Å². The normalized spacial score (nSPS) is 18.6. The number of rotatable bonds is 11. The minimum absolute atomic E-state index is 0.0291. The van der Waals surface area contributed by atoms with Gasteiger partial charge in [0, 0.05) is 19.1 Å². The Morgan fingerprint density at radius 3 is 2.26 bits per heavy atom. The second-order valence-corrected chi connectivity index (χ2v) is 9.41. The van der Waals surface area contributed by atoms with Crippen LogP contribution < -0.4 is 10.1 Å². The van der Waals surface area contributed by atoms with Crippen LogP contribution in [0.2, 0.25) is 0 Å². The molecule has 1 saturated heterocycles. The molecule has 1 fully saturated rings. The lowest BCUT2D eigenvalue weighted by Crippen LogP contribution is -2.70. The van der Waals surface area contributed by atoms with Crippen LogP contribution in [0, 0.1) is 12.3 Å². The fraction of sp³-hybridized carbons (Fsp3) is 0.536. The minimum Gasteiger partial charge on any atom is -0.470 e. The smallest absolute Gasteiger partial charge is 0.320 e. The van der Waals surface area contributed by atoms with Crippen LogP contribution in [0.4, 0.5) is 4.79 Å². The summed E-state index contributed by atoms with van der Waals surface area (Å²) in [5.74, 6) is 0.686. The molecule has 0 radical (unpaired) electrons. The maximum absolute atomic E-state index is 13.4. The minimum atomic E-state index is -0.673. The summed E-state index contributed by atoms with van der Waals surface area (Å²) in [5, 5.41) is 13.4. The van der Waals surface area contributed by atoms with Crippen LogP contribution >= 0.6 is 0 Å². The summed E-state index contributed by atoms with van der Waals surface area (Å²) in [4.78, 5) is 15.2. The summed E-state index contributed by atoms with van der Waals surface area (Å²) in [7, 11) is 1.57. The SMILES string of the molecule is CCC[C@@H](NC(=O)N1CC(CC)(CC)[C@@H]1Oc1ccc(C(O)COC)cc1)c1ccc(C)cc1. The van der Waals surface area contributed by atoms with Gasteiger partial charge in [-0.3, -0.25) is 4.90 Å². The van der Waals surface area contributed by atoms with Crippen LogP contribution in [0.15, 0.2) is 48.5 Å². The predicted octanol–water partition coefficient (Wildman–Crippen LogP) is 5.75. The van der Waals surface area contributed by atoms with Gasteiger partial charge in [-0.25, -0.2) is 4.79 Å². The van der Waals surface area contributed by atoms with Gasteiger partial charge in [0.2, 0.25) is 0 Å². The standard InChI is InChI=1S/C28H40N2O4/c1-6-9-24(21-12-10-20(4)11-13-21)29-27(32)30-19-28(7-2,8-3)26(30)34-23-16-14-22(15-17-23)25(31)18-33-5/h10-17,24-26,31H,6-9,18-19H2,1-5H3,(H,29,32)/t24-,25?,26+/m1/s1. The molecule has 6 heteroatoms. The maximum atomic E-state index is 13.4. The second-order valence-electron chi connectivity index (χ2n) is 9.41. The van der Waals surface area contributed by atoms with Gasteiger partial charge in [-0.2, -0.15) is 0 Å². The van der Waals surface area contributed by atoms with E-state index in [2.05, 4.69) is 57.3 Å². The number of carbonyl (C=O) groups is 1. The first-order valence-electron chi connectivity index (χ1n) is 12.4. The number of nitrogens with zero attached hydrogens (tertiary/aromatic N) is 1. The van der Waals surface area contributed by atoms with Crippen molar-refractivity contribution in [1.29, 1.82) is 0 Å². The van der Waals surface area contributed by atoms with Gasteiger partial charge in [0.05, 0.1) is 12.6 Å². The van der Waals surface area contributed by atoms with Crippen molar-refractivity contribution in [2.24, 2.45) is 5.41 Å². The molecule has 34 heavy (non-hydrogen) atoms. The first kappa shape index (κ1) is 26.0. The van der Waals surface area contributed by atoms with Gasteiger partial charge in [0.25, 0.3) is 0 Å². The second kappa shape index (κ2) is 11.7. The molecule has 0 bridgehead atoms. The predicted molar refractivity (Wildman–Crippen MR) is 135 cm³/mol. The van der Waals surface area contributed by atoms with Crippen molar-refractivity contribution in [1.82, 2.24) is 10.2 Å². The van der Waals surface area contributed by atoms with Gasteiger partial charge in [0.1, 0.15) is 11.9 Å². The van der Waals surface area contributed by atoms with E-state index in [1.54, 1.807) is 7.11 Å². The van der Waals surface area contributed by atoms with Crippen molar-refractivity contribution >= 4 is 6.03 Å². The molecule has 2 amide bonds. The average Bonchev–Trinajstić information content (AvgIpc) is 2.83. The van der Waals surface area contributed by atoms with Crippen LogP contribution in [0.3, 0.4) is 0 Å². The fourth-order valence-electron chi connectivity index (χ4n) is 4.70. The Morgan fingerprint density at radius 1 is 1.09 bits per heavy atom. The van der Waals surface area contributed by atoms with E-state index < -0.39 is 6.10 Å². The van der Waals surface area contributed by atoms with E-state index in [1.165, 1.54) is 5.56 Å². The summed E-state index contributed by atoms with van der Waals surface area (Å²) >= 11 is 0. The molecule has 0 aliphatic carbocycles. The Morgan fingerprint density at radius 2 is 1.71 bits per heavy atom. The first-order chi connectivity index (χ1) is 16.4. The van der Waals surface area contributed by atoms with E-state index in [0.717, 1.165) is 36.8 Å². The number of aryl methyl sites for hydroxylation is 1. The molecule has 0 saturated carbocycles. The highest BCUT2D eigenvalue weighted by Crippen LogP contribution is 2.45. The quantitative estimate of drug-likeness (QED) is 0.440. The Hall–Kier alpha value is -2.57. The summed E-state index contributed by atoms with van der Waals surface area (Å²) < 4.78 is 11.4. The monoisotopic (exact) mass is 468 g/mol. The van der Waals surface area contributed by atoms with E-state index in [4.69, 9.17) is 9.47 Å². The molecule has 2 aromatic carbocycles. The first-order valence-corrected chi connectivity index (χ1v) is 12.4. The zero-order valence-electron chi connectivity index (χ0n) is 21.2. The Bertz CT molecular complexity index is 909. The van der Waals surface area contributed by atoms with Gasteiger partial charge in [-0.05, 0) is 49.4 Å². The summed E-state index contributed by atoms with van der Waals surface area (Å²) in [5.41, 5.74) is 3.03. The Labute approximate surface area is 204 Å². The third-order valence-corrected chi connectivity index (χ3v) is 7.15. The van der Waals surface area contributed by atoms with Gasteiger partial charge < -0.3 is 19.9 Å². The topological polar surface area (TPSA) is 71.0 Å². The molecular weight excluding hydrogens is 428 g/mol. The summed E-state index contributed by atoms with van der Waals surface area (Å²) in [6.07, 6.45) is 2.71. The highest BCUT2D eigenvalue weighted by atomic mass is 16.5. The number of nitrogens with one attached hydrogen (secondary N) is 1. The fourth-order valence-corrected chi connectivity index (χ4v) is 4.70. The van der Waals surface area contributed by atoms with Crippen molar-refractivity contribution < 1.29 is 19.4 Å². The van der Waals surface area contributed by atoms with Gasteiger partial charge in [-0.15, -0.1) is 0 Å². The van der Waals surface area contributed by atoms with Crippen LogP contribution in [-0.4, -0.2) is 42.5 Å². The number of likely N-dealkylation sites (tertiary alicyclic amines) is 1. The molecule has 2 aromatic rings. The molecule has 3 rings (SSSR count). The molecule has 1 unspecified atom stereocenters. The lowest BCUT2D eigenvalue weighted by Gasteiger charge is -2.56. The van der Waals surface area contributed by atoms with E-state index in [9.17, 15) is 9.90 Å². The maximum Gasteiger partial charge on any atom is 0.320 e. The average molecular weight is 469 g/mol. The summed E-state index contributed by atoms with van der Waals surface area (Å²) in [6, 6.07) is 15.7. The number of hydrogen-bond acceptors (Lipinski definition) is 4. The van der Waals surface area contributed by atoms with Crippen LogP contribution in [0.5, 0.6) is 5.75 Å². The molecule has 0 aromatic heterocycles. The Kier molecular flexibility index (Phi) is 8.97. The molecule has 0 spiro atoms. The summed E-state index contributed by atoms with van der Waals surface area (Å²) in [6.45, 7) is 9.44. The number of benzene rings is 2. The lowest BCUT2D eigenvalue weighted by molar-refractivity contribution is -0.154. The number of aliphatic hydroxyl groups is 1. The largest absolute Gasteiger partial charge is 0.470 e. The van der Waals surface area contributed by atoms with Crippen LogP contribution in [0.1, 0.15) is 75.3 Å². The van der Waals surface area contributed by atoms with Crippen molar-refractivity contribution in [3.05, 3.63) is 65.2 Å². The third kappa shape index (κ3) is 5.73. The van der Waals surface area contributed by atoms with Crippen LogP contribution in [0.25, 0.3) is 0 Å². The third-order valence-electron chi connectivity index (χ3n) is 7.15. The number of urea groups is 1. The molecular formula is C28H40N2O4. The number of hydrogen-bond donors (Lipinski definition) is 2. The number of amides is 2. The van der Waals surface area contributed by atoms with Gasteiger partial charge in [-0.1, -0.05) is 69.2 Å². The molecule has 2 N–H and O–H groups in total. The molecule has 6 nitrogen and oxygen atoms in total. The molecule has 1 aliphatic heterocycles. The Balaban J connectivity index is 1.74. The molecule has 1 heterocycles. The molecule has 186 valence electrons. The highest BCUT2D eigenvalue weighted by molar-refractivity contribution is 5.76. The molecule has 1 aliphatic rings. The highest BCUT2D eigenvalue weighted by Gasteiger charge is 2.54. The van der Waals surface area contributed by atoms with Crippen molar-refractivity contribution in [3.8, 4) is 5.75 Å². The lowest BCUT2D eigenvalue weighted by atomic mass is 9.73. The van der Waals surface area contributed by atoms with Gasteiger partial charge in [0.15, 0.2) is 6.23 Å². The van der Waals surface area contributed by atoms with Crippen molar-refractivity contribution in [3.63, 3.8) is 0 Å². The van der Waals surface area contributed by atoms with Crippen molar-refractivity contribution in [2.45, 2.75) is 71.8 Å². The van der Waals surface area contributed by atoms with E-state index >= 15 is 0 Å². The van der Waals surface area contributed by atoms with E-state index in [0.29, 0.717) is 12.3 Å². The number of carbonyl (C=O) groups excluding carboxylic acids is 1. The number of methoxy groups -OCH3 is 1.